The first kappa shape index (κ1) is 16.9. The van der Waals surface area contributed by atoms with Crippen LogP contribution in [0.15, 0.2) is 0 Å². The summed E-state index contributed by atoms with van der Waals surface area (Å²) in [7, 11) is -0.898. The summed E-state index contributed by atoms with van der Waals surface area (Å²) in [5, 5.41) is 3.39. The van der Waals surface area contributed by atoms with E-state index in [9.17, 15) is 8.42 Å². The van der Waals surface area contributed by atoms with Crippen LogP contribution in [0.2, 0.25) is 0 Å². The summed E-state index contributed by atoms with van der Waals surface area (Å²) in [6.07, 6.45) is 4.60. The van der Waals surface area contributed by atoms with Gasteiger partial charge in [-0.2, -0.15) is 0 Å². The van der Waals surface area contributed by atoms with Gasteiger partial charge in [-0.25, -0.2) is 12.7 Å². The molecule has 0 radical (unpaired) electrons. The molecule has 1 N–H and O–H groups in total. The third-order valence-electron chi connectivity index (χ3n) is 3.62. The Morgan fingerprint density at radius 1 is 1.37 bits per heavy atom. The second-order valence-electron chi connectivity index (χ2n) is 5.64. The molecule has 1 rings (SSSR count). The minimum atomic E-state index is -3.02. The number of hydrogen-bond donors (Lipinski definition) is 1. The zero-order chi connectivity index (χ0) is 14.3. The van der Waals surface area contributed by atoms with Crippen LogP contribution in [-0.4, -0.2) is 70.2 Å². The standard InChI is InChI=1S/C13H29N3O2S/c1-4-7-14-8-10-15(2)11-13-6-5-9-16(12-13)19(3,17)18/h13-14H,4-12H2,1-3H3. The zero-order valence-electron chi connectivity index (χ0n) is 12.6. The molecule has 5 nitrogen and oxygen atoms in total. The smallest absolute Gasteiger partial charge is 0.211 e. The molecule has 19 heavy (non-hydrogen) atoms. The highest BCUT2D eigenvalue weighted by atomic mass is 32.2. The summed E-state index contributed by atoms with van der Waals surface area (Å²) >= 11 is 0. The first-order chi connectivity index (χ1) is 8.93. The first-order valence-corrected chi connectivity index (χ1v) is 9.12. The molecule has 0 amide bonds. The van der Waals surface area contributed by atoms with Gasteiger partial charge in [0.15, 0.2) is 0 Å². The van der Waals surface area contributed by atoms with E-state index >= 15 is 0 Å². The maximum atomic E-state index is 11.6. The molecule has 0 aromatic carbocycles. The van der Waals surface area contributed by atoms with Crippen LogP contribution in [-0.2, 0) is 10.0 Å². The molecule has 1 heterocycles. The number of rotatable bonds is 8. The Kier molecular flexibility index (Phi) is 7.28. The van der Waals surface area contributed by atoms with Crippen LogP contribution in [0.3, 0.4) is 0 Å². The molecular weight excluding hydrogens is 262 g/mol. The number of piperidine rings is 1. The molecule has 1 unspecified atom stereocenters. The minimum Gasteiger partial charge on any atom is -0.315 e. The molecule has 1 saturated heterocycles. The fraction of sp³-hybridized carbons (Fsp3) is 1.00. The molecule has 0 spiro atoms. The lowest BCUT2D eigenvalue weighted by Crippen LogP contribution is -2.43. The Morgan fingerprint density at radius 3 is 2.74 bits per heavy atom. The average Bonchev–Trinajstić information content (AvgIpc) is 2.34. The predicted molar refractivity (Wildman–Crippen MR) is 79.8 cm³/mol. The van der Waals surface area contributed by atoms with E-state index in [1.54, 1.807) is 4.31 Å². The van der Waals surface area contributed by atoms with Crippen molar-refractivity contribution in [1.29, 1.82) is 0 Å². The van der Waals surface area contributed by atoms with E-state index in [0.29, 0.717) is 19.0 Å². The Hall–Kier alpha value is -0.170. The second kappa shape index (κ2) is 8.19. The Bertz CT molecular complexity index is 346. The maximum Gasteiger partial charge on any atom is 0.211 e. The summed E-state index contributed by atoms with van der Waals surface area (Å²) in [6, 6.07) is 0. The zero-order valence-corrected chi connectivity index (χ0v) is 13.4. The number of hydrogen-bond acceptors (Lipinski definition) is 4. The molecule has 0 bridgehead atoms. The van der Waals surface area contributed by atoms with Crippen LogP contribution < -0.4 is 5.32 Å². The van der Waals surface area contributed by atoms with Crippen LogP contribution >= 0.6 is 0 Å². The van der Waals surface area contributed by atoms with Gasteiger partial charge in [0.2, 0.25) is 10.0 Å². The molecule has 6 heteroatoms. The van der Waals surface area contributed by atoms with E-state index in [4.69, 9.17) is 0 Å². The van der Waals surface area contributed by atoms with Gasteiger partial charge >= 0.3 is 0 Å². The predicted octanol–water partition coefficient (Wildman–Crippen LogP) is 0.589. The third kappa shape index (κ3) is 6.70. The van der Waals surface area contributed by atoms with Crippen LogP contribution in [0.1, 0.15) is 26.2 Å². The van der Waals surface area contributed by atoms with Crippen LogP contribution in [0.25, 0.3) is 0 Å². The van der Waals surface area contributed by atoms with Crippen LogP contribution in [0.5, 0.6) is 0 Å². The quantitative estimate of drug-likeness (QED) is 0.665. The van der Waals surface area contributed by atoms with Gasteiger partial charge in [-0.15, -0.1) is 0 Å². The van der Waals surface area contributed by atoms with E-state index in [1.165, 1.54) is 6.26 Å². The van der Waals surface area contributed by atoms with E-state index < -0.39 is 10.0 Å². The minimum absolute atomic E-state index is 0.472. The van der Waals surface area contributed by atoms with Crippen molar-refractivity contribution in [2.24, 2.45) is 5.92 Å². The van der Waals surface area contributed by atoms with E-state index in [0.717, 1.165) is 45.4 Å². The van der Waals surface area contributed by atoms with E-state index in [2.05, 4.69) is 24.2 Å². The number of nitrogens with zero attached hydrogens (tertiary/aromatic N) is 2. The van der Waals surface area contributed by atoms with Crippen molar-refractivity contribution in [2.45, 2.75) is 26.2 Å². The van der Waals surface area contributed by atoms with Crippen molar-refractivity contribution in [3.05, 3.63) is 0 Å². The molecular formula is C13H29N3O2S. The molecule has 114 valence electrons. The summed E-state index contributed by atoms with van der Waals surface area (Å²) in [5.41, 5.74) is 0. The van der Waals surface area contributed by atoms with Gasteiger partial charge in [0, 0.05) is 32.7 Å². The van der Waals surface area contributed by atoms with Gasteiger partial charge in [-0.3, -0.25) is 0 Å². The van der Waals surface area contributed by atoms with Crippen molar-refractivity contribution < 1.29 is 8.42 Å². The maximum absolute atomic E-state index is 11.6. The Morgan fingerprint density at radius 2 is 2.11 bits per heavy atom. The van der Waals surface area contributed by atoms with Gasteiger partial charge in [0.25, 0.3) is 0 Å². The third-order valence-corrected chi connectivity index (χ3v) is 4.89. The molecule has 1 aliphatic heterocycles. The topological polar surface area (TPSA) is 52.6 Å². The van der Waals surface area contributed by atoms with E-state index in [-0.39, 0.29) is 0 Å². The SMILES string of the molecule is CCCNCCN(C)CC1CCCN(S(C)(=O)=O)C1. The van der Waals surface area contributed by atoms with Gasteiger partial charge in [0.05, 0.1) is 6.26 Å². The Labute approximate surface area is 118 Å². The van der Waals surface area contributed by atoms with Gasteiger partial charge < -0.3 is 10.2 Å². The van der Waals surface area contributed by atoms with Gasteiger partial charge in [-0.1, -0.05) is 6.92 Å². The fourth-order valence-corrected chi connectivity index (χ4v) is 3.52. The van der Waals surface area contributed by atoms with Gasteiger partial charge in [0.1, 0.15) is 0 Å². The number of sulfonamides is 1. The largest absolute Gasteiger partial charge is 0.315 e. The van der Waals surface area contributed by atoms with Crippen molar-refractivity contribution in [3.63, 3.8) is 0 Å². The lowest BCUT2D eigenvalue weighted by molar-refractivity contribution is 0.201. The van der Waals surface area contributed by atoms with Crippen molar-refractivity contribution in [3.8, 4) is 0 Å². The van der Waals surface area contributed by atoms with Crippen molar-refractivity contribution in [2.75, 3.05) is 52.6 Å². The lowest BCUT2D eigenvalue weighted by atomic mass is 9.99. The fourth-order valence-electron chi connectivity index (χ4n) is 2.58. The molecule has 0 aromatic rings. The first-order valence-electron chi connectivity index (χ1n) is 7.28. The average molecular weight is 291 g/mol. The molecule has 1 aliphatic rings. The summed E-state index contributed by atoms with van der Waals surface area (Å²) < 4.78 is 24.8. The second-order valence-corrected chi connectivity index (χ2v) is 7.62. The van der Waals surface area contributed by atoms with Crippen LogP contribution in [0, 0.1) is 5.92 Å². The van der Waals surface area contributed by atoms with Crippen molar-refractivity contribution in [1.82, 2.24) is 14.5 Å². The monoisotopic (exact) mass is 291 g/mol. The molecule has 1 atom stereocenters. The highest BCUT2D eigenvalue weighted by Crippen LogP contribution is 2.19. The number of likely N-dealkylation sites (N-methyl/N-ethyl adjacent to an activating group) is 1. The Balaban J connectivity index is 2.28. The highest BCUT2D eigenvalue weighted by molar-refractivity contribution is 7.88. The van der Waals surface area contributed by atoms with E-state index in [1.807, 2.05) is 0 Å². The molecule has 1 fully saturated rings. The highest BCUT2D eigenvalue weighted by Gasteiger charge is 2.26. The molecule has 0 aliphatic carbocycles. The molecule has 0 saturated carbocycles. The normalized spacial score (nSPS) is 22.0. The lowest BCUT2D eigenvalue weighted by Gasteiger charge is -2.33. The van der Waals surface area contributed by atoms with Crippen LogP contribution in [0.4, 0.5) is 0 Å². The molecule has 0 aromatic heterocycles. The van der Waals surface area contributed by atoms with Gasteiger partial charge in [-0.05, 0) is 38.8 Å². The summed E-state index contributed by atoms with van der Waals surface area (Å²) in [6.45, 7) is 7.63. The summed E-state index contributed by atoms with van der Waals surface area (Å²) in [5.74, 6) is 0.472. The van der Waals surface area contributed by atoms with Crippen molar-refractivity contribution >= 4 is 10.0 Å². The number of nitrogens with one attached hydrogen (secondary N) is 1. The summed E-state index contributed by atoms with van der Waals surface area (Å²) in [4.78, 5) is 2.30.